The minimum Gasteiger partial charge on any atom is -0.181 e. The van der Waals surface area contributed by atoms with Gasteiger partial charge in [-0.05, 0) is 23.1 Å². The first-order valence-corrected chi connectivity index (χ1v) is 5.86. The molecule has 2 aromatic rings. The number of hydrogen-bond acceptors (Lipinski definition) is 2. The Labute approximate surface area is 113 Å². The van der Waals surface area contributed by atoms with Crippen LogP contribution < -0.4 is 0 Å². The summed E-state index contributed by atoms with van der Waals surface area (Å²) in [6.45, 7) is 3.79. The SMILES string of the molecule is C=CCc1ccccc1-c1ccccc1.N#CC#N. The van der Waals surface area contributed by atoms with Crippen LogP contribution in [0.1, 0.15) is 5.56 Å². The summed E-state index contributed by atoms with van der Waals surface area (Å²) in [6, 6.07) is 21.4. The van der Waals surface area contributed by atoms with E-state index >= 15 is 0 Å². The van der Waals surface area contributed by atoms with Crippen LogP contribution in [0.25, 0.3) is 11.1 Å². The van der Waals surface area contributed by atoms with Gasteiger partial charge in [0.25, 0.3) is 0 Å². The lowest BCUT2D eigenvalue weighted by Gasteiger charge is -2.07. The van der Waals surface area contributed by atoms with E-state index in [1.54, 1.807) is 0 Å². The zero-order valence-corrected chi connectivity index (χ0v) is 10.6. The van der Waals surface area contributed by atoms with Gasteiger partial charge < -0.3 is 0 Å². The molecule has 2 nitrogen and oxygen atoms in total. The molecule has 2 heteroatoms. The predicted molar refractivity (Wildman–Crippen MR) is 77.0 cm³/mol. The number of allylic oxidation sites excluding steroid dienone is 1. The van der Waals surface area contributed by atoms with Crippen LogP contribution in [0.3, 0.4) is 0 Å². The van der Waals surface area contributed by atoms with E-state index in [1.807, 2.05) is 12.1 Å². The third kappa shape index (κ3) is 4.50. The van der Waals surface area contributed by atoms with Crippen molar-refractivity contribution in [1.82, 2.24) is 0 Å². The summed E-state index contributed by atoms with van der Waals surface area (Å²) < 4.78 is 0. The molecule has 0 unspecified atom stereocenters. The monoisotopic (exact) mass is 246 g/mol. The predicted octanol–water partition coefficient (Wildman–Crippen LogP) is 4.12. The molecule has 0 heterocycles. The van der Waals surface area contributed by atoms with Gasteiger partial charge in [-0.3, -0.25) is 0 Å². The van der Waals surface area contributed by atoms with Crippen molar-refractivity contribution in [2.24, 2.45) is 0 Å². The van der Waals surface area contributed by atoms with Crippen LogP contribution in [0.4, 0.5) is 0 Å². The first-order valence-electron chi connectivity index (χ1n) is 5.86. The Kier molecular flexibility index (Phi) is 6.20. The summed E-state index contributed by atoms with van der Waals surface area (Å²) in [5, 5.41) is 14.5. The van der Waals surface area contributed by atoms with Crippen molar-refractivity contribution in [1.29, 1.82) is 10.5 Å². The molecule has 0 bridgehead atoms. The van der Waals surface area contributed by atoms with Gasteiger partial charge in [-0.15, -0.1) is 6.58 Å². The zero-order valence-electron chi connectivity index (χ0n) is 10.6. The van der Waals surface area contributed by atoms with Gasteiger partial charge in [0.05, 0.1) is 0 Å². The van der Waals surface area contributed by atoms with Crippen LogP contribution in [-0.2, 0) is 6.42 Å². The fraction of sp³-hybridized carbons (Fsp3) is 0.0588. The maximum Gasteiger partial charge on any atom is 0.181 e. The second-order valence-electron chi connectivity index (χ2n) is 3.74. The van der Waals surface area contributed by atoms with Gasteiger partial charge in [-0.1, -0.05) is 60.7 Å². The normalized spacial score (nSPS) is 8.32. The van der Waals surface area contributed by atoms with Gasteiger partial charge in [-0.2, -0.15) is 10.5 Å². The molecule has 0 radical (unpaired) electrons. The minimum absolute atomic E-state index is 0.922. The molecule has 2 rings (SSSR count). The first kappa shape index (κ1) is 14.2. The molecule has 2 aromatic carbocycles. The summed E-state index contributed by atoms with van der Waals surface area (Å²) in [6.07, 6.45) is 2.87. The van der Waals surface area contributed by atoms with E-state index in [-0.39, 0.29) is 0 Å². The van der Waals surface area contributed by atoms with Crippen molar-refractivity contribution in [3.63, 3.8) is 0 Å². The van der Waals surface area contributed by atoms with Gasteiger partial charge in [0.1, 0.15) is 0 Å². The fourth-order valence-electron chi connectivity index (χ4n) is 1.75. The van der Waals surface area contributed by atoms with E-state index in [2.05, 4.69) is 55.1 Å². The van der Waals surface area contributed by atoms with Crippen molar-refractivity contribution in [2.75, 3.05) is 0 Å². The highest BCUT2D eigenvalue weighted by molar-refractivity contribution is 5.67. The van der Waals surface area contributed by atoms with Crippen LogP contribution in [-0.4, -0.2) is 0 Å². The summed E-state index contributed by atoms with van der Waals surface area (Å²) in [5.74, 6) is 0. The Hall–Kier alpha value is -2.84. The fourth-order valence-corrected chi connectivity index (χ4v) is 1.75. The number of hydrogen-bond donors (Lipinski definition) is 0. The lowest BCUT2D eigenvalue weighted by atomic mass is 9.98. The van der Waals surface area contributed by atoms with Gasteiger partial charge in [0, 0.05) is 0 Å². The van der Waals surface area contributed by atoms with Crippen LogP contribution in [0.15, 0.2) is 67.3 Å². The summed E-state index contributed by atoms with van der Waals surface area (Å²) in [7, 11) is 0. The topological polar surface area (TPSA) is 47.6 Å². The van der Waals surface area contributed by atoms with Crippen LogP contribution in [0.2, 0.25) is 0 Å². The van der Waals surface area contributed by atoms with Crippen molar-refractivity contribution in [2.45, 2.75) is 6.42 Å². The molecule has 0 N–H and O–H groups in total. The van der Waals surface area contributed by atoms with E-state index in [0.717, 1.165) is 6.42 Å². The molecule has 92 valence electrons. The molecular formula is C17H14N2. The molecule has 0 saturated carbocycles. The average molecular weight is 246 g/mol. The number of nitriles is 2. The highest BCUT2D eigenvalue weighted by Crippen LogP contribution is 2.23. The Morgan fingerprint density at radius 3 is 2.05 bits per heavy atom. The first-order chi connectivity index (χ1) is 9.33. The van der Waals surface area contributed by atoms with E-state index in [9.17, 15) is 0 Å². The molecule has 0 aliphatic heterocycles. The molecular weight excluding hydrogens is 232 g/mol. The third-order valence-corrected chi connectivity index (χ3v) is 2.52. The van der Waals surface area contributed by atoms with Gasteiger partial charge >= 0.3 is 0 Å². The number of rotatable bonds is 3. The van der Waals surface area contributed by atoms with Crippen LogP contribution in [0, 0.1) is 22.7 Å². The Balaban J connectivity index is 0.000000399. The van der Waals surface area contributed by atoms with Crippen molar-refractivity contribution < 1.29 is 0 Å². The van der Waals surface area contributed by atoms with E-state index in [4.69, 9.17) is 10.5 Å². The Bertz CT molecular complexity index is 589. The van der Waals surface area contributed by atoms with Crippen molar-refractivity contribution in [3.05, 3.63) is 72.8 Å². The molecule has 0 atom stereocenters. The molecule has 0 saturated heterocycles. The number of benzene rings is 2. The average Bonchev–Trinajstić information content (AvgIpc) is 2.49. The van der Waals surface area contributed by atoms with E-state index in [0.29, 0.717) is 0 Å². The molecule has 0 aliphatic carbocycles. The lowest BCUT2D eigenvalue weighted by Crippen LogP contribution is -1.86. The quantitative estimate of drug-likeness (QED) is 0.765. The van der Waals surface area contributed by atoms with Crippen molar-refractivity contribution >= 4 is 0 Å². The van der Waals surface area contributed by atoms with E-state index in [1.165, 1.54) is 28.8 Å². The summed E-state index contributed by atoms with van der Waals surface area (Å²) >= 11 is 0. The summed E-state index contributed by atoms with van der Waals surface area (Å²) in [4.78, 5) is 0. The summed E-state index contributed by atoms with van der Waals surface area (Å²) in [5.41, 5.74) is 3.91. The largest absolute Gasteiger partial charge is 0.181 e. The second kappa shape index (κ2) is 8.28. The smallest absolute Gasteiger partial charge is 0.181 e. The molecule has 0 spiro atoms. The minimum atomic E-state index is 0.922. The maximum absolute atomic E-state index is 7.26. The third-order valence-electron chi connectivity index (χ3n) is 2.52. The molecule has 0 aliphatic rings. The van der Waals surface area contributed by atoms with Gasteiger partial charge in [0.15, 0.2) is 12.1 Å². The van der Waals surface area contributed by atoms with E-state index < -0.39 is 0 Å². The van der Waals surface area contributed by atoms with Gasteiger partial charge in [0.2, 0.25) is 0 Å². The maximum atomic E-state index is 7.26. The zero-order chi connectivity index (χ0) is 13.9. The highest BCUT2D eigenvalue weighted by atomic mass is 14.3. The molecule has 19 heavy (non-hydrogen) atoms. The standard InChI is InChI=1S/C15H14.C2N2/c1-2-8-13-11-6-7-12-15(13)14-9-4-3-5-10-14;3-1-2-4/h2-7,9-12H,1,8H2;. The van der Waals surface area contributed by atoms with Crippen molar-refractivity contribution in [3.8, 4) is 23.3 Å². The Morgan fingerprint density at radius 2 is 1.47 bits per heavy atom. The van der Waals surface area contributed by atoms with Gasteiger partial charge in [-0.25, -0.2) is 0 Å². The lowest BCUT2D eigenvalue weighted by molar-refractivity contribution is 1.28. The van der Waals surface area contributed by atoms with Crippen LogP contribution in [0.5, 0.6) is 0 Å². The molecule has 0 amide bonds. The highest BCUT2D eigenvalue weighted by Gasteiger charge is 2.01. The van der Waals surface area contributed by atoms with Crippen LogP contribution >= 0.6 is 0 Å². The molecule has 0 fully saturated rings. The second-order valence-corrected chi connectivity index (χ2v) is 3.74. The molecule has 0 aromatic heterocycles. The Morgan fingerprint density at radius 1 is 0.895 bits per heavy atom. The number of nitrogens with zero attached hydrogens (tertiary/aromatic N) is 2.